The molecule has 0 radical (unpaired) electrons. The first-order valence-electron chi connectivity index (χ1n) is 8.67. The van der Waals surface area contributed by atoms with Crippen LogP contribution in [-0.4, -0.2) is 22.8 Å². The second-order valence-corrected chi connectivity index (χ2v) is 6.87. The summed E-state index contributed by atoms with van der Waals surface area (Å²) in [6.07, 6.45) is -6.23. The van der Waals surface area contributed by atoms with Gasteiger partial charge in [-0.05, 0) is 24.6 Å². The normalized spacial score (nSPS) is 13.5. The van der Waals surface area contributed by atoms with E-state index in [9.17, 15) is 32.7 Å². The van der Waals surface area contributed by atoms with E-state index in [1.54, 1.807) is 6.92 Å². The molecule has 1 aliphatic rings. The summed E-state index contributed by atoms with van der Waals surface area (Å²) in [6.45, 7) is 1.55. The van der Waals surface area contributed by atoms with Gasteiger partial charge >= 0.3 is 6.18 Å². The van der Waals surface area contributed by atoms with Crippen molar-refractivity contribution in [3.05, 3.63) is 74.1 Å². The molecule has 0 spiro atoms. The fourth-order valence-corrected chi connectivity index (χ4v) is 3.61. The van der Waals surface area contributed by atoms with Gasteiger partial charge in [0.15, 0.2) is 11.2 Å². The summed E-state index contributed by atoms with van der Waals surface area (Å²) < 4.78 is 43.2. The van der Waals surface area contributed by atoms with E-state index in [2.05, 4.69) is 0 Å². The highest BCUT2D eigenvalue weighted by atomic mass is 19.4. The molecule has 1 aromatic heterocycles. The molecule has 29 heavy (non-hydrogen) atoms. The van der Waals surface area contributed by atoms with Crippen LogP contribution in [0.4, 0.5) is 13.2 Å². The summed E-state index contributed by atoms with van der Waals surface area (Å²) in [6, 6.07) is 6.42. The molecule has 5 nitrogen and oxygen atoms in total. The molecular formula is C21H13F3O5. The van der Waals surface area contributed by atoms with Crippen LogP contribution in [0.25, 0.3) is 11.0 Å². The van der Waals surface area contributed by atoms with Crippen LogP contribution in [-0.2, 0) is 6.42 Å². The first-order chi connectivity index (χ1) is 13.6. The number of alkyl halides is 3. The van der Waals surface area contributed by atoms with Crippen LogP contribution in [0.15, 0.2) is 39.5 Å². The van der Waals surface area contributed by atoms with Crippen LogP contribution in [0.2, 0.25) is 0 Å². The first kappa shape index (κ1) is 18.9. The highest BCUT2D eigenvalue weighted by Crippen LogP contribution is 2.37. The van der Waals surface area contributed by atoms with E-state index >= 15 is 0 Å². The average Bonchev–Trinajstić information content (AvgIpc) is 2.63. The van der Waals surface area contributed by atoms with Crippen molar-refractivity contribution in [3.63, 3.8) is 0 Å². The smallest absolute Gasteiger partial charge is 0.389 e. The van der Waals surface area contributed by atoms with E-state index in [-0.39, 0.29) is 39.0 Å². The molecule has 0 bridgehead atoms. The lowest BCUT2D eigenvalue weighted by Crippen LogP contribution is -2.23. The van der Waals surface area contributed by atoms with Gasteiger partial charge in [0.05, 0.1) is 22.9 Å². The number of halogens is 3. The van der Waals surface area contributed by atoms with Crippen molar-refractivity contribution in [1.82, 2.24) is 0 Å². The van der Waals surface area contributed by atoms with Gasteiger partial charge in [-0.25, -0.2) is 0 Å². The number of fused-ring (bicyclic) bond motifs is 4. The number of aryl methyl sites for hydroxylation is 2. The van der Waals surface area contributed by atoms with Crippen LogP contribution in [0.3, 0.4) is 0 Å². The van der Waals surface area contributed by atoms with Crippen molar-refractivity contribution in [2.24, 2.45) is 0 Å². The van der Waals surface area contributed by atoms with Gasteiger partial charge < -0.3 is 9.52 Å². The number of carbonyl (C=O) groups excluding carboxylic acids is 2. The lowest BCUT2D eigenvalue weighted by atomic mass is 9.81. The van der Waals surface area contributed by atoms with E-state index in [4.69, 9.17) is 4.42 Å². The molecule has 0 unspecified atom stereocenters. The number of carbonyl (C=O) groups is 2. The Bertz CT molecular complexity index is 1270. The van der Waals surface area contributed by atoms with Gasteiger partial charge in [0.2, 0.25) is 5.78 Å². The number of hydrogen-bond acceptors (Lipinski definition) is 5. The highest BCUT2D eigenvalue weighted by molar-refractivity contribution is 6.32. The summed E-state index contributed by atoms with van der Waals surface area (Å²) in [4.78, 5) is 38.5. The van der Waals surface area contributed by atoms with Crippen LogP contribution < -0.4 is 5.43 Å². The quantitative estimate of drug-likeness (QED) is 0.546. The number of benzene rings is 2. The topological polar surface area (TPSA) is 84.6 Å². The average molecular weight is 402 g/mol. The summed E-state index contributed by atoms with van der Waals surface area (Å²) in [7, 11) is 0. The van der Waals surface area contributed by atoms with Gasteiger partial charge in [-0.3, -0.25) is 14.4 Å². The molecule has 0 aliphatic heterocycles. The van der Waals surface area contributed by atoms with Crippen molar-refractivity contribution in [1.29, 1.82) is 0 Å². The molecule has 0 saturated heterocycles. The molecule has 1 N–H and O–H groups in total. The van der Waals surface area contributed by atoms with E-state index in [1.165, 1.54) is 24.3 Å². The van der Waals surface area contributed by atoms with Gasteiger partial charge in [-0.15, -0.1) is 0 Å². The Morgan fingerprint density at radius 1 is 1.00 bits per heavy atom. The molecule has 0 atom stereocenters. The molecule has 1 aliphatic carbocycles. The van der Waals surface area contributed by atoms with Crippen molar-refractivity contribution in [2.75, 3.05) is 0 Å². The van der Waals surface area contributed by atoms with Crippen LogP contribution in [0.5, 0.6) is 5.75 Å². The molecular weight excluding hydrogens is 389 g/mol. The van der Waals surface area contributed by atoms with Crippen LogP contribution in [0.1, 0.15) is 49.6 Å². The van der Waals surface area contributed by atoms with Gasteiger partial charge in [0.1, 0.15) is 17.1 Å². The molecule has 8 heteroatoms. The summed E-state index contributed by atoms with van der Waals surface area (Å²) in [5, 5.41) is 10.1. The van der Waals surface area contributed by atoms with Crippen molar-refractivity contribution >= 4 is 22.5 Å². The second kappa shape index (κ2) is 6.30. The summed E-state index contributed by atoms with van der Waals surface area (Å²) in [5.41, 5.74) is -0.941. The third-order valence-corrected chi connectivity index (χ3v) is 4.89. The van der Waals surface area contributed by atoms with E-state index in [0.717, 1.165) is 6.07 Å². The predicted molar refractivity (Wildman–Crippen MR) is 96.6 cm³/mol. The van der Waals surface area contributed by atoms with E-state index in [1.807, 2.05) is 0 Å². The minimum Gasteiger partial charge on any atom is -0.507 e. The lowest BCUT2D eigenvalue weighted by Gasteiger charge is -2.20. The number of ketones is 2. The SMILES string of the molecule is Cc1cc2c(c3oc(CCC(F)(F)F)cc(=O)c13)C(=O)c1c(O)cccc1C2=O. The summed E-state index contributed by atoms with van der Waals surface area (Å²) in [5.74, 6) is -1.92. The molecule has 0 saturated carbocycles. The third-order valence-electron chi connectivity index (χ3n) is 4.89. The third kappa shape index (κ3) is 3.00. The predicted octanol–water partition coefficient (Wildman–Crippen LogP) is 4.08. The molecule has 1 heterocycles. The van der Waals surface area contributed by atoms with Gasteiger partial charge in [0.25, 0.3) is 0 Å². The number of phenols is 1. The Kier molecular flexibility index (Phi) is 4.11. The Hall–Kier alpha value is -3.42. The molecule has 0 amide bonds. The van der Waals surface area contributed by atoms with Crippen LogP contribution in [0, 0.1) is 6.92 Å². The zero-order valence-electron chi connectivity index (χ0n) is 15.0. The van der Waals surface area contributed by atoms with Crippen LogP contribution >= 0.6 is 0 Å². The monoisotopic (exact) mass is 402 g/mol. The maximum absolute atomic E-state index is 13.1. The molecule has 0 fully saturated rings. The Balaban J connectivity index is 2.01. The minimum absolute atomic E-state index is 0.0109. The summed E-state index contributed by atoms with van der Waals surface area (Å²) >= 11 is 0. The van der Waals surface area contributed by atoms with E-state index in [0.29, 0.717) is 5.56 Å². The standard InChI is InChI=1S/C21H13F3O5/c1-9-7-12-17(19(28)16-11(18(12)27)3-2-4-13(16)25)20-15(9)14(26)8-10(29-20)5-6-21(22,23)24/h2-4,7-8,25H,5-6H2,1H3. The number of phenolic OH excluding ortho intramolecular Hbond substituents is 1. The van der Waals surface area contributed by atoms with Gasteiger partial charge in [-0.1, -0.05) is 12.1 Å². The fourth-order valence-electron chi connectivity index (χ4n) is 3.61. The van der Waals surface area contributed by atoms with Gasteiger partial charge in [0, 0.05) is 23.6 Å². The molecule has 2 aromatic carbocycles. The zero-order valence-corrected chi connectivity index (χ0v) is 15.0. The fraction of sp³-hybridized carbons (Fsp3) is 0.190. The Morgan fingerprint density at radius 2 is 1.72 bits per heavy atom. The number of aromatic hydroxyl groups is 1. The first-order valence-corrected chi connectivity index (χ1v) is 8.67. The second-order valence-electron chi connectivity index (χ2n) is 6.87. The Labute approximate surface area is 161 Å². The molecule has 148 valence electrons. The largest absolute Gasteiger partial charge is 0.507 e. The minimum atomic E-state index is -4.45. The van der Waals surface area contributed by atoms with Crippen molar-refractivity contribution < 1.29 is 32.3 Å². The van der Waals surface area contributed by atoms with Crippen molar-refractivity contribution in [2.45, 2.75) is 25.9 Å². The molecule has 3 aromatic rings. The molecule has 4 rings (SSSR count). The zero-order chi connectivity index (χ0) is 21.1. The Morgan fingerprint density at radius 3 is 2.41 bits per heavy atom. The van der Waals surface area contributed by atoms with Crippen molar-refractivity contribution in [3.8, 4) is 5.75 Å². The maximum atomic E-state index is 13.1. The lowest BCUT2D eigenvalue weighted by molar-refractivity contribution is -0.134. The van der Waals surface area contributed by atoms with E-state index < -0.39 is 41.8 Å². The van der Waals surface area contributed by atoms with Gasteiger partial charge in [-0.2, -0.15) is 13.2 Å². The number of hydrogen-bond donors (Lipinski definition) is 1. The highest BCUT2D eigenvalue weighted by Gasteiger charge is 2.35. The number of rotatable bonds is 2. The maximum Gasteiger partial charge on any atom is 0.389 e.